The van der Waals surface area contributed by atoms with Crippen LogP contribution in [0.4, 0.5) is 10.1 Å². The topological polar surface area (TPSA) is 74.0 Å². The molecular formula is C21H15FI2N2O4. The van der Waals surface area contributed by atoms with E-state index in [1.807, 2.05) is 18.2 Å². The molecule has 0 N–H and O–H groups in total. The lowest BCUT2D eigenvalue weighted by Gasteiger charge is -2.11. The van der Waals surface area contributed by atoms with Gasteiger partial charge >= 0.3 is 0 Å². The van der Waals surface area contributed by atoms with E-state index in [4.69, 9.17) is 9.57 Å². The number of nitro groups is 1. The minimum Gasteiger partial charge on any atom is -0.487 e. The van der Waals surface area contributed by atoms with E-state index in [1.165, 1.54) is 24.3 Å². The second-order valence-corrected chi connectivity index (χ2v) is 8.49. The van der Waals surface area contributed by atoms with Crippen LogP contribution in [-0.4, -0.2) is 11.1 Å². The summed E-state index contributed by atoms with van der Waals surface area (Å²) in [5, 5.41) is 14.8. The predicted molar refractivity (Wildman–Crippen MR) is 128 cm³/mol. The van der Waals surface area contributed by atoms with Crippen molar-refractivity contribution in [1.82, 2.24) is 0 Å². The smallest absolute Gasteiger partial charge is 0.269 e. The molecule has 154 valence electrons. The van der Waals surface area contributed by atoms with E-state index >= 15 is 0 Å². The molecule has 0 saturated heterocycles. The number of hydrogen-bond acceptors (Lipinski definition) is 5. The Labute approximate surface area is 199 Å². The number of oxime groups is 1. The third-order valence-corrected chi connectivity index (χ3v) is 5.52. The molecule has 3 rings (SSSR count). The normalized spacial score (nSPS) is 10.9. The number of benzene rings is 3. The number of halogens is 3. The Balaban J connectivity index is 1.60. The van der Waals surface area contributed by atoms with Crippen LogP contribution in [-0.2, 0) is 18.1 Å². The lowest BCUT2D eigenvalue weighted by molar-refractivity contribution is -0.384. The molecule has 6 nitrogen and oxygen atoms in total. The van der Waals surface area contributed by atoms with E-state index in [-0.39, 0.29) is 24.7 Å². The molecule has 3 aromatic carbocycles. The highest BCUT2D eigenvalue weighted by Crippen LogP contribution is 2.29. The van der Waals surface area contributed by atoms with Crippen molar-refractivity contribution >= 4 is 57.1 Å². The Morgan fingerprint density at radius 3 is 2.33 bits per heavy atom. The van der Waals surface area contributed by atoms with Crippen molar-refractivity contribution < 1.29 is 18.9 Å². The molecule has 0 atom stereocenters. The molecule has 0 fully saturated rings. The van der Waals surface area contributed by atoms with Gasteiger partial charge in [0, 0.05) is 12.1 Å². The zero-order valence-corrected chi connectivity index (χ0v) is 19.7. The van der Waals surface area contributed by atoms with Crippen molar-refractivity contribution in [2.75, 3.05) is 0 Å². The van der Waals surface area contributed by atoms with Crippen LogP contribution in [0.15, 0.2) is 65.8 Å². The van der Waals surface area contributed by atoms with E-state index in [1.54, 1.807) is 24.4 Å². The number of non-ortho nitro benzene ring substituents is 1. The van der Waals surface area contributed by atoms with Crippen LogP contribution < -0.4 is 4.74 Å². The maximum Gasteiger partial charge on any atom is 0.269 e. The average molecular weight is 632 g/mol. The van der Waals surface area contributed by atoms with Crippen LogP contribution in [0, 0.1) is 23.1 Å². The lowest BCUT2D eigenvalue weighted by atomic mass is 10.2. The number of hydrogen-bond donors (Lipinski definition) is 0. The van der Waals surface area contributed by atoms with Crippen molar-refractivity contribution in [2.45, 2.75) is 13.2 Å². The molecule has 0 aliphatic heterocycles. The summed E-state index contributed by atoms with van der Waals surface area (Å²) in [6.45, 7) is 0.394. The fraction of sp³-hybridized carbons (Fsp3) is 0.0952. The molecule has 0 unspecified atom stereocenters. The summed E-state index contributed by atoms with van der Waals surface area (Å²) >= 11 is 4.34. The molecule has 0 aromatic heterocycles. The molecule has 0 saturated carbocycles. The Morgan fingerprint density at radius 2 is 1.67 bits per heavy atom. The van der Waals surface area contributed by atoms with Crippen LogP contribution in [0.25, 0.3) is 0 Å². The lowest BCUT2D eigenvalue weighted by Crippen LogP contribution is -2.00. The van der Waals surface area contributed by atoms with Gasteiger partial charge in [-0.2, -0.15) is 0 Å². The van der Waals surface area contributed by atoms with E-state index in [0.29, 0.717) is 5.56 Å². The van der Waals surface area contributed by atoms with E-state index < -0.39 is 4.92 Å². The molecule has 0 aliphatic carbocycles. The first-order valence-corrected chi connectivity index (χ1v) is 10.8. The second-order valence-electron chi connectivity index (χ2n) is 6.17. The van der Waals surface area contributed by atoms with Gasteiger partial charge in [-0.05, 0) is 86.1 Å². The number of ether oxygens (including phenoxy) is 1. The summed E-state index contributed by atoms with van der Waals surface area (Å²) in [5.41, 5.74) is 2.24. The molecule has 0 aliphatic rings. The van der Waals surface area contributed by atoms with Gasteiger partial charge in [0.25, 0.3) is 5.69 Å². The predicted octanol–water partition coefficient (Wildman–Crippen LogP) is 6.07. The Hall–Kier alpha value is -2.28. The third-order valence-electron chi connectivity index (χ3n) is 3.92. The fourth-order valence-electron chi connectivity index (χ4n) is 2.54. The highest BCUT2D eigenvalue weighted by atomic mass is 127. The van der Waals surface area contributed by atoms with Gasteiger partial charge in [0.1, 0.15) is 24.8 Å². The monoisotopic (exact) mass is 632 g/mol. The minimum absolute atomic E-state index is 0.0121. The number of rotatable bonds is 8. The van der Waals surface area contributed by atoms with Gasteiger partial charge in [-0.25, -0.2) is 4.39 Å². The third kappa shape index (κ3) is 6.36. The molecule has 0 spiro atoms. The SMILES string of the molecule is O=[N+]([O-])c1cccc(CO/N=C\c2cc(I)c(OCc3cccc(F)c3)c(I)c2)c1. The molecule has 0 amide bonds. The van der Waals surface area contributed by atoms with Crippen molar-refractivity contribution in [2.24, 2.45) is 5.16 Å². The average Bonchev–Trinajstić information content (AvgIpc) is 2.71. The Bertz CT molecular complexity index is 1070. The Kier molecular flexibility index (Phi) is 7.96. The van der Waals surface area contributed by atoms with Gasteiger partial charge in [-0.1, -0.05) is 29.4 Å². The van der Waals surface area contributed by atoms with Crippen LogP contribution in [0.2, 0.25) is 0 Å². The summed E-state index contributed by atoms with van der Waals surface area (Å²) in [7, 11) is 0. The van der Waals surface area contributed by atoms with Crippen LogP contribution in [0.3, 0.4) is 0 Å². The van der Waals surface area contributed by atoms with Gasteiger partial charge in [-0.3, -0.25) is 10.1 Å². The second kappa shape index (κ2) is 10.7. The fourth-order valence-corrected chi connectivity index (χ4v) is 4.67. The van der Waals surface area contributed by atoms with Gasteiger partial charge < -0.3 is 9.57 Å². The van der Waals surface area contributed by atoms with Gasteiger partial charge in [0.2, 0.25) is 0 Å². The minimum atomic E-state index is -0.450. The van der Waals surface area contributed by atoms with Crippen molar-refractivity contribution in [1.29, 1.82) is 0 Å². The van der Waals surface area contributed by atoms with Crippen LogP contribution in [0.5, 0.6) is 5.75 Å². The zero-order valence-electron chi connectivity index (χ0n) is 15.4. The van der Waals surface area contributed by atoms with Crippen molar-refractivity contribution in [3.05, 3.63) is 100 Å². The van der Waals surface area contributed by atoms with E-state index in [9.17, 15) is 14.5 Å². The summed E-state index contributed by atoms with van der Waals surface area (Å²) in [5.74, 6) is 0.423. The first-order valence-electron chi connectivity index (χ1n) is 8.67. The summed E-state index contributed by atoms with van der Waals surface area (Å²) in [6, 6.07) is 16.3. The first kappa shape index (κ1) is 22.4. The maximum absolute atomic E-state index is 13.3. The summed E-state index contributed by atoms with van der Waals surface area (Å²) < 4.78 is 20.9. The molecule has 0 bridgehead atoms. The van der Waals surface area contributed by atoms with Crippen LogP contribution in [0.1, 0.15) is 16.7 Å². The Morgan fingerprint density at radius 1 is 1.00 bits per heavy atom. The highest BCUT2D eigenvalue weighted by molar-refractivity contribution is 14.1. The number of nitrogens with zero attached hydrogens (tertiary/aromatic N) is 2. The van der Waals surface area contributed by atoms with Gasteiger partial charge in [0.05, 0.1) is 18.3 Å². The molecule has 0 heterocycles. The molecular weight excluding hydrogens is 617 g/mol. The molecule has 30 heavy (non-hydrogen) atoms. The van der Waals surface area contributed by atoms with Crippen molar-refractivity contribution in [3.8, 4) is 5.75 Å². The van der Waals surface area contributed by atoms with Gasteiger partial charge in [-0.15, -0.1) is 0 Å². The van der Waals surface area contributed by atoms with Crippen LogP contribution >= 0.6 is 45.2 Å². The first-order chi connectivity index (χ1) is 14.4. The largest absolute Gasteiger partial charge is 0.487 e. The zero-order chi connectivity index (χ0) is 21.5. The molecule has 0 radical (unpaired) electrons. The summed E-state index contributed by atoms with van der Waals surface area (Å²) in [4.78, 5) is 15.6. The van der Waals surface area contributed by atoms with Gasteiger partial charge in [0.15, 0.2) is 0 Å². The van der Waals surface area contributed by atoms with E-state index in [2.05, 4.69) is 50.3 Å². The highest BCUT2D eigenvalue weighted by Gasteiger charge is 2.09. The summed E-state index contributed by atoms with van der Waals surface area (Å²) in [6.07, 6.45) is 1.57. The standard InChI is InChI=1S/C21H15FI2N2O4/c22-17-5-1-3-14(7-17)12-29-21-19(23)9-16(10-20(21)24)11-25-30-13-15-4-2-6-18(8-15)26(27)28/h1-11H,12-13H2/b25-11-. The maximum atomic E-state index is 13.3. The quantitative estimate of drug-likeness (QED) is 0.131. The molecule has 3 aromatic rings. The molecule has 9 heteroatoms. The van der Waals surface area contributed by atoms with E-state index in [0.717, 1.165) is 24.0 Å². The number of nitro benzene ring substituents is 1. The van der Waals surface area contributed by atoms with Crippen molar-refractivity contribution in [3.63, 3.8) is 0 Å².